The normalized spacial score (nSPS) is 14.0. The highest BCUT2D eigenvalue weighted by atomic mass is 79.9. The van der Waals surface area contributed by atoms with E-state index in [2.05, 4.69) is 31.5 Å². The van der Waals surface area contributed by atoms with Crippen molar-refractivity contribution in [2.45, 2.75) is 0 Å². The van der Waals surface area contributed by atoms with Gasteiger partial charge >= 0.3 is 0 Å². The number of thiocarbonyl (C=S) groups is 1. The zero-order valence-corrected chi connectivity index (χ0v) is 17.0. The molecule has 8 heteroatoms. The van der Waals surface area contributed by atoms with E-state index in [1.165, 1.54) is 0 Å². The molecule has 1 saturated heterocycles. The van der Waals surface area contributed by atoms with Gasteiger partial charge in [0.25, 0.3) is 5.91 Å². The molecule has 0 bridgehead atoms. The van der Waals surface area contributed by atoms with Gasteiger partial charge in [0.05, 0.1) is 30.2 Å². The first-order valence-corrected chi connectivity index (χ1v) is 9.61. The van der Waals surface area contributed by atoms with Crippen molar-refractivity contribution in [3.8, 4) is 0 Å². The van der Waals surface area contributed by atoms with E-state index in [1.54, 1.807) is 24.3 Å². The Kier molecular flexibility index (Phi) is 6.48. The predicted octanol–water partition coefficient (Wildman–Crippen LogP) is 4.07. The molecule has 2 aromatic carbocycles. The van der Waals surface area contributed by atoms with Gasteiger partial charge in [0.15, 0.2) is 5.11 Å². The van der Waals surface area contributed by atoms with Gasteiger partial charge in [-0.2, -0.15) is 0 Å². The molecule has 136 valence electrons. The Bertz CT molecular complexity index is 828. The number of rotatable bonds is 3. The Morgan fingerprint density at radius 3 is 2.65 bits per heavy atom. The highest BCUT2D eigenvalue weighted by molar-refractivity contribution is 9.10. The summed E-state index contributed by atoms with van der Waals surface area (Å²) in [6.45, 7) is 2.91. The van der Waals surface area contributed by atoms with Crippen molar-refractivity contribution in [3.05, 3.63) is 57.5 Å². The van der Waals surface area contributed by atoms with Crippen LogP contribution in [0.3, 0.4) is 0 Å². The van der Waals surface area contributed by atoms with Crippen LogP contribution < -0.4 is 15.5 Å². The molecule has 0 radical (unpaired) electrons. The number of halogens is 2. The van der Waals surface area contributed by atoms with Crippen LogP contribution in [0.1, 0.15) is 10.4 Å². The van der Waals surface area contributed by atoms with Gasteiger partial charge in [-0.3, -0.25) is 10.1 Å². The minimum atomic E-state index is -0.287. The summed E-state index contributed by atoms with van der Waals surface area (Å²) in [5, 5.41) is 6.58. The van der Waals surface area contributed by atoms with Gasteiger partial charge in [-0.25, -0.2) is 0 Å². The minimum Gasteiger partial charge on any atom is -0.378 e. The SMILES string of the molecule is O=C(NC(=S)Nc1cc(Cl)ccc1N1CCOCC1)c1ccccc1Br. The fraction of sp³-hybridized carbons (Fsp3) is 0.222. The summed E-state index contributed by atoms with van der Waals surface area (Å²) in [7, 11) is 0. The number of hydrogen-bond donors (Lipinski definition) is 2. The summed E-state index contributed by atoms with van der Waals surface area (Å²) in [5.41, 5.74) is 2.23. The quantitative estimate of drug-likeness (QED) is 0.685. The minimum absolute atomic E-state index is 0.211. The van der Waals surface area contributed by atoms with Crippen LogP contribution in [0.4, 0.5) is 11.4 Å². The number of amides is 1. The number of ether oxygens (including phenoxy) is 1. The average Bonchev–Trinajstić information content (AvgIpc) is 2.62. The maximum Gasteiger partial charge on any atom is 0.258 e. The lowest BCUT2D eigenvalue weighted by atomic mass is 10.2. The lowest BCUT2D eigenvalue weighted by Crippen LogP contribution is -2.38. The van der Waals surface area contributed by atoms with Gasteiger partial charge < -0.3 is 15.0 Å². The van der Waals surface area contributed by atoms with E-state index < -0.39 is 0 Å². The molecule has 1 aliphatic heterocycles. The summed E-state index contributed by atoms with van der Waals surface area (Å²) in [5.74, 6) is -0.287. The van der Waals surface area contributed by atoms with Crippen LogP contribution in [0.15, 0.2) is 46.9 Å². The number of nitrogens with one attached hydrogen (secondary N) is 2. The summed E-state index contributed by atoms with van der Waals surface area (Å²) in [6, 6.07) is 12.7. The molecular weight excluding hydrogens is 438 g/mol. The summed E-state index contributed by atoms with van der Waals surface area (Å²) in [4.78, 5) is 14.6. The smallest absolute Gasteiger partial charge is 0.258 e. The number of carbonyl (C=O) groups is 1. The fourth-order valence-electron chi connectivity index (χ4n) is 2.66. The molecule has 0 unspecified atom stereocenters. The van der Waals surface area contributed by atoms with E-state index in [1.807, 2.05) is 18.2 Å². The van der Waals surface area contributed by atoms with Crippen LogP contribution in [0.5, 0.6) is 0 Å². The van der Waals surface area contributed by atoms with Crippen molar-refractivity contribution >= 4 is 62.1 Å². The highest BCUT2D eigenvalue weighted by Crippen LogP contribution is 2.30. The molecule has 2 aromatic rings. The van der Waals surface area contributed by atoms with Crippen LogP contribution in [-0.4, -0.2) is 37.3 Å². The third kappa shape index (κ3) is 4.73. The molecule has 3 rings (SSSR count). The van der Waals surface area contributed by atoms with E-state index in [0.717, 1.165) is 24.5 Å². The zero-order chi connectivity index (χ0) is 18.5. The van der Waals surface area contributed by atoms with Crippen molar-refractivity contribution < 1.29 is 9.53 Å². The third-order valence-electron chi connectivity index (χ3n) is 3.90. The summed E-state index contributed by atoms with van der Waals surface area (Å²) < 4.78 is 6.11. The van der Waals surface area contributed by atoms with E-state index in [9.17, 15) is 4.79 Å². The molecular formula is C18H17BrClN3O2S. The van der Waals surface area contributed by atoms with Crippen LogP contribution in [0.2, 0.25) is 5.02 Å². The lowest BCUT2D eigenvalue weighted by molar-refractivity contribution is 0.0977. The Hall–Kier alpha value is -1.67. The van der Waals surface area contributed by atoms with Crippen molar-refractivity contribution in [2.75, 3.05) is 36.5 Å². The Labute approximate surface area is 170 Å². The molecule has 0 atom stereocenters. The molecule has 1 aliphatic rings. The summed E-state index contributed by atoms with van der Waals surface area (Å²) in [6.07, 6.45) is 0. The fourth-order valence-corrected chi connectivity index (χ4v) is 3.50. The molecule has 1 amide bonds. The van der Waals surface area contributed by atoms with Crippen molar-refractivity contribution in [1.82, 2.24) is 5.32 Å². The Morgan fingerprint density at radius 2 is 1.92 bits per heavy atom. The second-order valence-electron chi connectivity index (χ2n) is 5.65. The molecule has 0 aromatic heterocycles. The number of hydrogen-bond acceptors (Lipinski definition) is 4. The molecule has 1 fully saturated rings. The second-order valence-corrected chi connectivity index (χ2v) is 7.35. The number of anilines is 2. The monoisotopic (exact) mass is 453 g/mol. The molecule has 0 spiro atoms. The van der Waals surface area contributed by atoms with E-state index in [-0.39, 0.29) is 11.0 Å². The summed E-state index contributed by atoms with van der Waals surface area (Å²) >= 11 is 14.8. The van der Waals surface area contributed by atoms with Crippen LogP contribution in [-0.2, 0) is 4.74 Å². The highest BCUT2D eigenvalue weighted by Gasteiger charge is 2.17. The molecule has 0 saturated carbocycles. The first-order chi connectivity index (χ1) is 12.5. The largest absolute Gasteiger partial charge is 0.378 e. The van der Waals surface area contributed by atoms with Crippen molar-refractivity contribution in [2.24, 2.45) is 0 Å². The molecule has 5 nitrogen and oxygen atoms in total. The lowest BCUT2D eigenvalue weighted by Gasteiger charge is -2.30. The number of benzene rings is 2. The van der Waals surface area contributed by atoms with E-state index in [0.29, 0.717) is 28.3 Å². The predicted molar refractivity (Wildman–Crippen MR) is 112 cm³/mol. The molecule has 2 N–H and O–H groups in total. The second kappa shape index (κ2) is 8.81. The Morgan fingerprint density at radius 1 is 1.19 bits per heavy atom. The maximum atomic E-state index is 12.4. The Balaban J connectivity index is 1.73. The van der Waals surface area contributed by atoms with Crippen LogP contribution in [0.25, 0.3) is 0 Å². The van der Waals surface area contributed by atoms with Crippen molar-refractivity contribution in [1.29, 1.82) is 0 Å². The zero-order valence-electron chi connectivity index (χ0n) is 13.8. The molecule has 0 aliphatic carbocycles. The van der Waals surface area contributed by atoms with Crippen molar-refractivity contribution in [3.63, 3.8) is 0 Å². The van der Waals surface area contributed by atoms with E-state index in [4.69, 9.17) is 28.6 Å². The molecule has 26 heavy (non-hydrogen) atoms. The van der Waals surface area contributed by atoms with Gasteiger partial charge in [-0.1, -0.05) is 23.7 Å². The first kappa shape index (κ1) is 19.1. The number of morpholine rings is 1. The topological polar surface area (TPSA) is 53.6 Å². The number of nitrogens with zero attached hydrogens (tertiary/aromatic N) is 1. The third-order valence-corrected chi connectivity index (χ3v) is 5.03. The maximum absolute atomic E-state index is 12.4. The first-order valence-electron chi connectivity index (χ1n) is 8.04. The van der Waals surface area contributed by atoms with Gasteiger partial charge in [-0.05, 0) is 58.5 Å². The van der Waals surface area contributed by atoms with Gasteiger partial charge in [0.1, 0.15) is 0 Å². The van der Waals surface area contributed by atoms with E-state index >= 15 is 0 Å². The van der Waals surface area contributed by atoms with Gasteiger partial charge in [0.2, 0.25) is 0 Å². The number of carbonyl (C=O) groups excluding carboxylic acids is 1. The van der Waals surface area contributed by atoms with Gasteiger partial charge in [0, 0.05) is 22.6 Å². The van der Waals surface area contributed by atoms with Crippen LogP contribution in [0, 0.1) is 0 Å². The van der Waals surface area contributed by atoms with Crippen LogP contribution >= 0.6 is 39.7 Å². The van der Waals surface area contributed by atoms with Gasteiger partial charge in [-0.15, -0.1) is 0 Å². The molecule has 1 heterocycles. The average molecular weight is 455 g/mol. The standard InChI is InChI=1S/C18H17BrClN3O2S/c19-14-4-2-1-3-13(14)17(24)22-18(26)21-15-11-12(20)5-6-16(15)23-7-9-25-10-8-23/h1-6,11H,7-10H2,(H2,21,22,24,26).